The molecular formula is C68H48N2. The minimum atomic E-state index is 0.354. The Bertz CT molecular complexity index is 3860. The lowest BCUT2D eigenvalue weighted by molar-refractivity contribution is 0.565. The third-order valence-corrected chi connectivity index (χ3v) is 16.2. The summed E-state index contributed by atoms with van der Waals surface area (Å²) in [6.07, 6.45) is 25.6. The molecule has 0 amide bonds. The Morgan fingerprint density at radius 2 is 1.09 bits per heavy atom. The lowest BCUT2D eigenvalue weighted by Crippen LogP contribution is -2.30. The Morgan fingerprint density at radius 3 is 1.91 bits per heavy atom. The van der Waals surface area contributed by atoms with Crippen LogP contribution in [0.15, 0.2) is 254 Å². The van der Waals surface area contributed by atoms with Gasteiger partial charge in [0.25, 0.3) is 0 Å². The molecule has 2 heterocycles. The Labute approximate surface area is 409 Å². The molecule has 0 spiro atoms. The molecule has 4 unspecified atom stereocenters. The molecule has 0 bridgehead atoms. The topological polar surface area (TPSA) is 8.17 Å². The summed E-state index contributed by atoms with van der Waals surface area (Å²) < 4.78 is 2.44. The van der Waals surface area contributed by atoms with E-state index < -0.39 is 0 Å². The molecule has 1 aromatic heterocycles. The van der Waals surface area contributed by atoms with Gasteiger partial charge in [0.1, 0.15) is 0 Å². The van der Waals surface area contributed by atoms with E-state index in [1.807, 2.05) is 0 Å². The molecule has 70 heavy (non-hydrogen) atoms. The average Bonchev–Trinajstić information content (AvgIpc) is 4.07. The van der Waals surface area contributed by atoms with E-state index in [9.17, 15) is 0 Å². The van der Waals surface area contributed by atoms with E-state index in [0.717, 1.165) is 12.8 Å². The first-order chi connectivity index (χ1) is 34.7. The number of rotatable bonds is 6. The van der Waals surface area contributed by atoms with Gasteiger partial charge in [-0.25, -0.2) is 0 Å². The van der Waals surface area contributed by atoms with Crippen LogP contribution in [0.3, 0.4) is 0 Å². The normalized spacial score (nSPS) is 20.0. The van der Waals surface area contributed by atoms with Gasteiger partial charge in [-0.1, -0.05) is 182 Å². The second kappa shape index (κ2) is 15.5. The van der Waals surface area contributed by atoms with Gasteiger partial charge in [-0.15, -0.1) is 0 Å². The Balaban J connectivity index is 0.739. The molecule has 0 fully saturated rings. The molecule has 8 aromatic carbocycles. The quantitative estimate of drug-likeness (QED) is 0.151. The Morgan fingerprint density at radius 1 is 0.443 bits per heavy atom. The summed E-state index contributed by atoms with van der Waals surface area (Å²) in [5, 5.41) is 2.54. The molecule has 0 saturated carbocycles. The molecular weight excluding hydrogens is 845 g/mol. The number of para-hydroxylation sites is 1. The zero-order valence-corrected chi connectivity index (χ0v) is 38.7. The van der Waals surface area contributed by atoms with E-state index in [2.05, 4.69) is 252 Å². The first-order valence-electron chi connectivity index (χ1n) is 25.0. The highest BCUT2D eigenvalue weighted by Crippen LogP contribution is 2.55. The van der Waals surface area contributed by atoms with E-state index in [4.69, 9.17) is 0 Å². The SMILES string of the molecule is C1=CC2=CC3=C4C(=CC=CC4C2C=C1)c1ccc(-c2ccc(-n4c5ccccc5c5cc(-c6ccc7c(c6)C6C=CCCC6N7c6ccc(-c7ccc(-c8ccccc8)cc7)cc6)ccc54)cc2)cc13. The van der Waals surface area contributed by atoms with Gasteiger partial charge in [-0.3, -0.25) is 0 Å². The maximum Gasteiger partial charge on any atom is 0.0541 e. The monoisotopic (exact) mass is 892 g/mol. The van der Waals surface area contributed by atoms with Gasteiger partial charge in [0.2, 0.25) is 0 Å². The predicted octanol–water partition coefficient (Wildman–Crippen LogP) is 17.4. The van der Waals surface area contributed by atoms with Crippen LogP contribution in [0, 0.1) is 11.8 Å². The number of hydrogen-bond donors (Lipinski definition) is 0. The predicted molar refractivity (Wildman–Crippen MR) is 293 cm³/mol. The fourth-order valence-electron chi connectivity index (χ4n) is 12.9. The third kappa shape index (κ3) is 6.06. The fraction of sp³-hybridized carbons (Fsp3) is 0.0882. The number of anilines is 2. The summed E-state index contributed by atoms with van der Waals surface area (Å²) in [5.41, 5.74) is 26.0. The van der Waals surface area contributed by atoms with Crippen molar-refractivity contribution < 1.29 is 0 Å². The van der Waals surface area contributed by atoms with E-state index in [1.165, 1.54) is 122 Å². The van der Waals surface area contributed by atoms with E-state index in [0.29, 0.717) is 23.8 Å². The first-order valence-corrected chi connectivity index (χ1v) is 25.0. The number of hydrogen-bond acceptors (Lipinski definition) is 1. The van der Waals surface area contributed by atoms with Gasteiger partial charge < -0.3 is 9.47 Å². The Kier molecular flexibility index (Phi) is 8.77. The molecule has 0 radical (unpaired) electrons. The minimum Gasteiger partial charge on any atom is -0.337 e. The molecule has 2 nitrogen and oxygen atoms in total. The van der Waals surface area contributed by atoms with Gasteiger partial charge >= 0.3 is 0 Å². The molecule has 5 aliphatic carbocycles. The average molecular weight is 893 g/mol. The van der Waals surface area contributed by atoms with Crippen molar-refractivity contribution in [3.63, 3.8) is 0 Å². The van der Waals surface area contributed by atoms with Gasteiger partial charge in [0.05, 0.1) is 11.0 Å². The second-order valence-corrected chi connectivity index (χ2v) is 19.9. The third-order valence-electron chi connectivity index (χ3n) is 16.2. The summed E-state index contributed by atoms with van der Waals surface area (Å²) in [6, 6.07) is 68.7. The lowest BCUT2D eigenvalue weighted by Gasteiger charge is -2.32. The van der Waals surface area contributed by atoms with Crippen LogP contribution in [0.5, 0.6) is 0 Å². The maximum absolute atomic E-state index is 2.62. The Hall–Kier alpha value is -8.46. The van der Waals surface area contributed by atoms with Gasteiger partial charge in [-0.2, -0.15) is 0 Å². The molecule has 15 rings (SSSR count). The highest BCUT2D eigenvalue weighted by molar-refractivity contribution is 6.11. The highest BCUT2D eigenvalue weighted by Gasteiger charge is 2.40. The molecule has 2 heteroatoms. The molecule has 9 aromatic rings. The van der Waals surface area contributed by atoms with Crippen LogP contribution >= 0.6 is 0 Å². The standard InChI is InChI=1S/C68H48N2/c1-2-11-43(12-3-1)44-21-23-45(24-22-44)46-25-32-52(33-26-46)69-64-19-8-6-15-56(64)61-40-49(30-37-66(61)69)50-31-38-67-62(41-50)57-16-7-9-20-65(57)70(67)53-34-27-47(28-35-53)48-29-36-55-59-18-10-17-58-54-14-5-4-13-51(54)42-63(68(58)59)60(55)39-48/h1-7,9-18,20-42,54,56,58,64H,8,19H2. The van der Waals surface area contributed by atoms with Crippen molar-refractivity contribution in [2.24, 2.45) is 11.8 Å². The van der Waals surface area contributed by atoms with Gasteiger partial charge in [-0.05, 0) is 157 Å². The number of nitrogens with zero attached hydrogens (tertiary/aromatic N) is 2. The van der Waals surface area contributed by atoms with Crippen LogP contribution in [0.4, 0.5) is 11.4 Å². The van der Waals surface area contributed by atoms with Crippen LogP contribution < -0.4 is 4.90 Å². The van der Waals surface area contributed by atoms with E-state index in [1.54, 1.807) is 0 Å². The van der Waals surface area contributed by atoms with Crippen LogP contribution in [0.2, 0.25) is 0 Å². The van der Waals surface area contributed by atoms with Crippen molar-refractivity contribution in [3.05, 3.63) is 271 Å². The fourth-order valence-corrected chi connectivity index (χ4v) is 12.9. The van der Waals surface area contributed by atoms with Crippen molar-refractivity contribution in [1.82, 2.24) is 4.57 Å². The van der Waals surface area contributed by atoms with Crippen LogP contribution in [0.25, 0.3) is 83.1 Å². The molecule has 4 atom stereocenters. The number of fused-ring (bicyclic) bond motifs is 11. The van der Waals surface area contributed by atoms with Crippen LogP contribution in [-0.4, -0.2) is 10.6 Å². The number of aromatic nitrogens is 1. The largest absolute Gasteiger partial charge is 0.337 e. The van der Waals surface area contributed by atoms with E-state index >= 15 is 0 Å². The van der Waals surface area contributed by atoms with Gasteiger partial charge in [0, 0.05) is 51.6 Å². The van der Waals surface area contributed by atoms with Crippen molar-refractivity contribution in [3.8, 4) is 50.2 Å². The lowest BCUT2D eigenvalue weighted by atomic mass is 9.71. The molecule has 0 saturated heterocycles. The number of allylic oxidation sites excluding steroid dienone is 13. The van der Waals surface area contributed by atoms with Gasteiger partial charge in [0.15, 0.2) is 0 Å². The summed E-state index contributed by atoms with van der Waals surface area (Å²) in [5.74, 6) is 1.16. The summed E-state index contributed by atoms with van der Waals surface area (Å²) in [4.78, 5) is 2.62. The number of benzene rings is 8. The summed E-state index contributed by atoms with van der Waals surface area (Å²) in [7, 11) is 0. The van der Waals surface area contributed by atoms with Crippen molar-refractivity contribution >= 4 is 44.3 Å². The zero-order chi connectivity index (χ0) is 45.9. The van der Waals surface area contributed by atoms with Crippen molar-refractivity contribution in [2.75, 3.05) is 4.90 Å². The molecule has 330 valence electrons. The molecule has 0 N–H and O–H groups in total. The summed E-state index contributed by atoms with van der Waals surface area (Å²) in [6.45, 7) is 0. The smallest absolute Gasteiger partial charge is 0.0541 e. The van der Waals surface area contributed by atoms with Crippen LogP contribution in [0.1, 0.15) is 35.4 Å². The molecule has 6 aliphatic rings. The first kappa shape index (κ1) is 39.5. The highest BCUT2D eigenvalue weighted by atomic mass is 15.2. The minimum absolute atomic E-state index is 0.354. The van der Waals surface area contributed by atoms with Crippen molar-refractivity contribution in [2.45, 2.75) is 24.8 Å². The zero-order valence-electron chi connectivity index (χ0n) is 38.7. The van der Waals surface area contributed by atoms with Crippen molar-refractivity contribution in [1.29, 1.82) is 0 Å². The second-order valence-electron chi connectivity index (χ2n) is 19.9. The van der Waals surface area contributed by atoms with Crippen LogP contribution in [-0.2, 0) is 0 Å². The summed E-state index contributed by atoms with van der Waals surface area (Å²) >= 11 is 0. The molecule has 1 aliphatic heterocycles. The maximum atomic E-state index is 2.62. The van der Waals surface area contributed by atoms with E-state index in [-0.39, 0.29) is 0 Å².